The Bertz CT molecular complexity index is 462. The van der Waals surface area contributed by atoms with Crippen LogP contribution in [0.15, 0.2) is 0 Å². The summed E-state index contributed by atoms with van der Waals surface area (Å²) < 4.78 is 6.38. The average molecular weight is 326 g/mol. The van der Waals surface area contributed by atoms with E-state index in [0.29, 0.717) is 13.1 Å². The topological polar surface area (TPSA) is 56.3 Å². The molecule has 0 aromatic heterocycles. The number of rotatable bonds is 2. The van der Waals surface area contributed by atoms with Gasteiger partial charge in [-0.3, -0.25) is 0 Å². The fourth-order valence-corrected chi connectivity index (χ4v) is 3.97. The summed E-state index contributed by atoms with van der Waals surface area (Å²) in [5.41, 5.74) is -0.471. The second-order valence-electron chi connectivity index (χ2n) is 8.32. The van der Waals surface area contributed by atoms with Gasteiger partial charge in [-0.05, 0) is 0 Å². The van der Waals surface area contributed by atoms with Gasteiger partial charge in [0, 0.05) is 52.1 Å². The van der Waals surface area contributed by atoms with E-state index >= 15 is 0 Å². The van der Waals surface area contributed by atoms with E-state index in [9.17, 15) is 9.59 Å². The molecule has 0 aromatic carbocycles. The van der Waals surface area contributed by atoms with Crippen LogP contribution >= 0.6 is 0 Å². The quantitative estimate of drug-likeness (QED) is 0.776. The van der Waals surface area contributed by atoms with Crippen LogP contribution in [0.5, 0.6) is 0 Å². The number of ether oxygens (including phenoxy) is 1. The van der Waals surface area contributed by atoms with E-state index in [1.54, 1.807) is 47.8 Å². The first-order valence-corrected chi connectivity index (χ1v) is 8.00. The lowest BCUT2D eigenvalue weighted by molar-refractivity contribution is -0.221. The van der Waals surface area contributed by atoms with E-state index in [1.807, 2.05) is 0 Å². The third-order valence-electron chi connectivity index (χ3n) is 4.84. The van der Waals surface area contributed by atoms with Gasteiger partial charge in [-0.2, -0.15) is 0 Å². The molecule has 2 saturated heterocycles. The fourth-order valence-electron chi connectivity index (χ4n) is 3.97. The van der Waals surface area contributed by atoms with Crippen LogP contribution in [0.1, 0.15) is 27.7 Å². The summed E-state index contributed by atoms with van der Waals surface area (Å²) in [5.74, 6) is 0. The van der Waals surface area contributed by atoms with Gasteiger partial charge in [0.15, 0.2) is 0 Å². The van der Waals surface area contributed by atoms with Crippen molar-refractivity contribution in [1.29, 1.82) is 0 Å². The number of hydrogen-bond donors (Lipinski definition) is 0. The van der Waals surface area contributed by atoms with Gasteiger partial charge < -0.3 is 24.3 Å². The number of nitrogens with zero attached hydrogens (tertiary/aromatic N) is 4. The van der Waals surface area contributed by atoms with Gasteiger partial charge in [-0.25, -0.2) is 9.59 Å². The van der Waals surface area contributed by atoms with Crippen LogP contribution in [0.2, 0.25) is 0 Å². The van der Waals surface area contributed by atoms with Gasteiger partial charge in [0.25, 0.3) is 0 Å². The summed E-state index contributed by atoms with van der Waals surface area (Å²) in [4.78, 5) is 31.3. The molecule has 0 spiro atoms. The van der Waals surface area contributed by atoms with Crippen LogP contribution < -0.4 is 0 Å². The number of urea groups is 2. The molecule has 0 bridgehead atoms. The lowest BCUT2D eigenvalue weighted by atomic mass is 9.85. The van der Waals surface area contributed by atoms with Gasteiger partial charge in [0.05, 0.1) is 0 Å². The first-order valence-electron chi connectivity index (χ1n) is 8.00. The van der Waals surface area contributed by atoms with Crippen molar-refractivity contribution in [2.75, 3.05) is 41.3 Å². The molecule has 23 heavy (non-hydrogen) atoms. The zero-order valence-corrected chi connectivity index (χ0v) is 15.6. The smallest absolute Gasteiger partial charge is 0.321 e. The van der Waals surface area contributed by atoms with Crippen molar-refractivity contribution >= 4 is 12.1 Å². The highest BCUT2D eigenvalue weighted by Gasteiger charge is 2.49. The molecule has 4 amide bonds. The van der Waals surface area contributed by atoms with Crippen molar-refractivity contribution in [3.8, 4) is 0 Å². The van der Waals surface area contributed by atoms with E-state index in [2.05, 4.69) is 27.7 Å². The fraction of sp³-hybridized carbons (Fsp3) is 0.875. The SMILES string of the molecule is CN1CC(C)(C)C(OC2N(C)C(=O)N(C)CC2(C)C)N(C)C1=O. The maximum absolute atomic E-state index is 12.3. The molecule has 0 aliphatic carbocycles. The molecule has 0 saturated carbocycles. The Kier molecular flexibility index (Phi) is 4.30. The minimum Gasteiger partial charge on any atom is -0.334 e. The van der Waals surface area contributed by atoms with Gasteiger partial charge in [-0.15, -0.1) is 0 Å². The molecule has 2 fully saturated rings. The summed E-state index contributed by atoms with van der Waals surface area (Å²) in [6, 6.07) is -0.122. The van der Waals surface area contributed by atoms with Gasteiger partial charge in [0.1, 0.15) is 12.5 Å². The molecule has 132 valence electrons. The van der Waals surface area contributed by atoms with Crippen molar-refractivity contribution in [2.45, 2.75) is 40.2 Å². The third kappa shape index (κ3) is 2.98. The zero-order chi connectivity index (χ0) is 17.7. The third-order valence-corrected chi connectivity index (χ3v) is 4.84. The van der Waals surface area contributed by atoms with Crippen LogP contribution in [-0.2, 0) is 4.74 Å². The van der Waals surface area contributed by atoms with Crippen LogP contribution in [0.3, 0.4) is 0 Å². The second kappa shape index (κ2) is 5.54. The molecule has 2 unspecified atom stereocenters. The van der Waals surface area contributed by atoms with E-state index in [4.69, 9.17) is 4.74 Å². The van der Waals surface area contributed by atoms with E-state index in [0.717, 1.165) is 0 Å². The molecule has 2 heterocycles. The normalized spacial score (nSPS) is 31.0. The van der Waals surface area contributed by atoms with E-state index in [1.165, 1.54) is 0 Å². The Morgan fingerprint density at radius 1 is 0.783 bits per heavy atom. The number of carbonyl (C=O) groups excluding carboxylic acids is 2. The summed E-state index contributed by atoms with van der Waals surface area (Å²) in [6.07, 6.45) is -0.761. The van der Waals surface area contributed by atoms with Crippen molar-refractivity contribution in [1.82, 2.24) is 19.6 Å². The summed E-state index contributed by atoms with van der Waals surface area (Å²) >= 11 is 0. The molecule has 2 aliphatic heterocycles. The largest absolute Gasteiger partial charge is 0.334 e. The first-order chi connectivity index (χ1) is 10.4. The lowest BCUT2D eigenvalue weighted by Crippen LogP contribution is -2.66. The molecule has 0 radical (unpaired) electrons. The summed E-state index contributed by atoms with van der Waals surface area (Å²) in [5, 5.41) is 0. The number of carbonyl (C=O) groups is 2. The molecule has 0 N–H and O–H groups in total. The molecule has 2 rings (SSSR count). The van der Waals surface area contributed by atoms with Crippen molar-refractivity contribution in [2.24, 2.45) is 10.8 Å². The van der Waals surface area contributed by atoms with E-state index in [-0.39, 0.29) is 35.3 Å². The highest BCUT2D eigenvalue weighted by molar-refractivity contribution is 5.76. The van der Waals surface area contributed by atoms with E-state index < -0.39 is 0 Å². The Morgan fingerprint density at radius 3 is 1.39 bits per heavy atom. The Hall–Kier alpha value is -1.50. The maximum atomic E-state index is 12.3. The highest BCUT2D eigenvalue weighted by atomic mass is 16.5. The molecule has 2 atom stereocenters. The minimum absolute atomic E-state index is 0.0611. The predicted octanol–water partition coefficient (Wildman–Crippen LogP) is 1.70. The van der Waals surface area contributed by atoms with Gasteiger partial charge >= 0.3 is 12.1 Å². The monoisotopic (exact) mass is 326 g/mol. The molecule has 7 heteroatoms. The summed E-state index contributed by atoms with van der Waals surface area (Å²) in [6.45, 7) is 9.57. The van der Waals surface area contributed by atoms with Crippen LogP contribution in [-0.4, -0.2) is 85.4 Å². The van der Waals surface area contributed by atoms with Crippen LogP contribution in [0.4, 0.5) is 9.59 Å². The standard InChI is InChI=1S/C16H30N4O3/c1-15(2)9-17(5)13(21)19(7)11(15)23-12-16(3,4)10-18(6)14(22)20(12)8/h11-12H,9-10H2,1-8H3. The van der Waals surface area contributed by atoms with Gasteiger partial charge in [0.2, 0.25) is 0 Å². The van der Waals surface area contributed by atoms with Crippen molar-refractivity contribution in [3.05, 3.63) is 0 Å². The molecular weight excluding hydrogens is 296 g/mol. The van der Waals surface area contributed by atoms with Crippen molar-refractivity contribution in [3.63, 3.8) is 0 Å². The Labute approximate surface area is 139 Å². The Morgan fingerprint density at radius 2 is 1.09 bits per heavy atom. The molecule has 0 aromatic rings. The Balaban J connectivity index is 2.28. The number of hydrogen-bond acceptors (Lipinski definition) is 3. The first kappa shape index (κ1) is 17.8. The molecular formula is C16H30N4O3. The lowest BCUT2D eigenvalue weighted by Gasteiger charge is -2.53. The minimum atomic E-state index is -0.380. The zero-order valence-electron chi connectivity index (χ0n) is 15.6. The van der Waals surface area contributed by atoms with Crippen LogP contribution in [0.25, 0.3) is 0 Å². The maximum Gasteiger partial charge on any atom is 0.321 e. The van der Waals surface area contributed by atoms with Gasteiger partial charge in [-0.1, -0.05) is 27.7 Å². The average Bonchev–Trinajstić information content (AvgIpc) is 2.40. The predicted molar refractivity (Wildman–Crippen MR) is 87.8 cm³/mol. The number of amides is 4. The second-order valence-corrected chi connectivity index (χ2v) is 8.32. The molecule has 7 nitrogen and oxygen atoms in total. The highest BCUT2D eigenvalue weighted by Crippen LogP contribution is 2.38. The van der Waals surface area contributed by atoms with Crippen molar-refractivity contribution < 1.29 is 14.3 Å². The molecule has 2 aliphatic rings. The van der Waals surface area contributed by atoms with Crippen LogP contribution in [0, 0.1) is 10.8 Å². The summed E-state index contributed by atoms with van der Waals surface area (Å²) in [7, 11) is 7.11.